The van der Waals surface area contributed by atoms with Gasteiger partial charge in [0.2, 0.25) is 15.9 Å². The van der Waals surface area contributed by atoms with Gasteiger partial charge < -0.3 is 10.2 Å². The highest BCUT2D eigenvalue weighted by atomic mass is 35.5. The van der Waals surface area contributed by atoms with Crippen LogP contribution in [0.15, 0.2) is 0 Å². The van der Waals surface area contributed by atoms with Crippen LogP contribution in [-0.4, -0.2) is 67.0 Å². The molecule has 3 heterocycles. The van der Waals surface area contributed by atoms with Crippen LogP contribution < -0.4 is 5.32 Å². The maximum atomic E-state index is 12.9. The minimum Gasteiger partial charge on any atom is -0.340 e. The number of carbonyl (C=O) groups excluding carboxylic acids is 1. The first-order chi connectivity index (χ1) is 10.5. The van der Waals surface area contributed by atoms with E-state index in [1.807, 2.05) is 11.8 Å². The Morgan fingerprint density at radius 3 is 2.61 bits per heavy atom. The zero-order valence-electron chi connectivity index (χ0n) is 13.7. The van der Waals surface area contributed by atoms with Crippen LogP contribution in [0.2, 0.25) is 0 Å². The van der Waals surface area contributed by atoms with Gasteiger partial charge in [0.05, 0.1) is 5.75 Å². The molecule has 3 aliphatic heterocycles. The van der Waals surface area contributed by atoms with E-state index >= 15 is 0 Å². The van der Waals surface area contributed by atoms with E-state index in [0.29, 0.717) is 31.5 Å². The highest BCUT2D eigenvalue weighted by Gasteiger charge is 2.41. The van der Waals surface area contributed by atoms with Crippen molar-refractivity contribution >= 4 is 28.3 Å². The van der Waals surface area contributed by atoms with E-state index in [2.05, 4.69) is 5.32 Å². The Balaban J connectivity index is 0.00000192. The van der Waals surface area contributed by atoms with E-state index in [-0.39, 0.29) is 24.1 Å². The number of amides is 1. The number of nitrogens with zero attached hydrogens (tertiary/aromatic N) is 2. The third-order valence-electron chi connectivity index (χ3n) is 5.14. The number of hydrogen-bond donors (Lipinski definition) is 1. The first kappa shape index (κ1) is 19.0. The van der Waals surface area contributed by atoms with E-state index in [1.54, 1.807) is 0 Å². The molecular weight excluding hydrogens is 338 g/mol. The van der Waals surface area contributed by atoms with Crippen molar-refractivity contribution in [3.8, 4) is 0 Å². The molecule has 3 rings (SSSR count). The summed E-state index contributed by atoms with van der Waals surface area (Å²) in [6.45, 7) is 3.84. The molecule has 6 nitrogen and oxygen atoms in total. The predicted octanol–water partition coefficient (Wildman–Crippen LogP) is 0.965. The van der Waals surface area contributed by atoms with Gasteiger partial charge in [-0.2, -0.15) is 4.31 Å². The van der Waals surface area contributed by atoms with E-state index in [4.69, 9.17) is 0 Å². The van der Waals surface area contributed by atoms with Crippen molar-refractivity contribution in [3.63, 3.8) is 0 Å². The lowest BCUT2D eigenvalue weighted by atomic mass is 10.1. The molecule has 0 aromatic heterocycles. The fourth-order valence-electron chi connectivity index (χ4n) is 4.05. The molecule has 3 unspecified atom stereocenters. The Kier molecular flexibility index (Phi) is 6.33. The molecule has 3 atom stereocenters. The topological polar surface area (TPSA) is 69.7 Å². The average Bonchev–Trinajstić information content (AvgIpc) is 3.05. The normalized spacial score (nSPS) is 31.7. The fourth-order valence-corrected chi connectivity index (χ4v) is 5.79. The molecule has 0 aromatic rings. The van der Waals surface area contributed by atoms with Crippen LogP contribution in [-0.2, 0) is 14.8 Å². The van der Waals surface area contributed by atoms with Gasteiger partial charge in [0.1, 0.15) is 6.04 Å². The fraction of sp³-hybridized carbons (Fsp3) is 0.933. The third-order valence-corrected chi connectivity index (χ3v) is 7.22. The van der Waals surface area contributed by atoms with Crippen LogP contribution in [0.5, 0.6) is 0 Å². The Morgan fingerprint density at radius 2 is 1.87 bits per heavy atom. The summed E-state index contributed by atoms with van der Waals surface area (Å²) in [5.41, 5.74) is 0. The molecule has 0 aromatic carbocycles. The van der Waals surface area contributed by atoms with Gasteiger partial charge in [0.15, 0.2) is 0 Å². The van der Waals surface area contributed by atoms with Crippen molar-refractivity contribution in [1.29, 1.82) is 0 Å². The van der Waals surface area contributed by atoms with Crippen molar-refractivity contribution in [2.24, 2.45) is 0 Å². The maximum absolute atomic E-state index is 12.9. The summed E-state index contributed by atoms with van der Waals surface area (Å²) in [4.78, 5) is 14.8. The summed E-state index contributed by atoms with van der Waals surface area (Å²) in [5.74, 6) is 0.162. The summed E-state index contributed by atoms with van der Waals surface area (Å²) in [7, 11) is -3.29. The molecule has 2 bridgehead atoms. The highest BCUT2D eigenvalue weighted by Crippen LogP contribution is 2.26. The average molecular weight is 366 g/mol. The molecule has 3 fully saturated rings. The summed E-state index contributed by atoms with van der Waals surface area (Å²) in [6.07, 6.45) is 5.36. The molecule has 0 aliphatic carbocycles. The zero-order valence-corrected chi connectivity index (χ0v) is 15.4. The highest BCUT2D eigenvalue weighted by molar-refractivity contribution is 7.89. The summed E-state index contributed by atoms with van der Waals surface area (Å²) in [5, 5.41) is 3.56. The van der Waals surface area contributed by atoms with E-state index in [1.165, 1.54) is 10.7 Å². The van der Waals surface area contributed by atoms with Gasteiger partial charge in [-0.05, 0) is 38.5 Å². The van der Waals surface area contributed by atoms with Gasteiger partial charge in [0.25, 0.3) is 0 Å². The quantitative estimate of drug-likeness (QED) is 0.805. The van der Waals surface area contributed by atoms with Crippen LogP contribution in [0, 0.1) is 0 Å². The monoisotopic (exact) mass is 365 g/mol. The number of carbonyl (C=O) groups is 1. The lowest BCUT2D eigenvalue weighted by Gasteiger charge is -2.30. The van der Waals surface area contributed by atoms with E-state index in [9.17, 15) is 13.2 Å². The Hall–Kier alpha value is -0.370. The minimum absolute atomic E-state index is 0. The number of halogens is 1. The predicted molar refractivity (Wildman–Crippen MR) is 92.2 cm³/mol. The van der Waals surface area contributed by atoms with Crippen molar-refractivity contribution in [1.82, 2.24) is 14.5 Å². The molecule has 134 valence electrons. The number of nitrogens with one attached hydrogen (secondary N) is 1. The first-order valence-electron chi connectivity index (χ1n) is 8.55. The molecular formula is C15H28ClN3O3S. The van der Waals surface area contributed by atoms with Gasteiger partial charge in [0, 0.05) is 31.7 Å². The molecule has 0 radical (unpaired) electrons. The standard InChI is InChI=1S/C15H27N3O3S.ClH/c1-2-10-22(20,21)18-8-3-4-14(18)15(19)17-9-7-12-5-6-13(11-17)16-12;/h12-14,16H,2-11H2,1H3;1H. The second-order valence-electron chi connectivity index (χ2n) is 6.80. The molecule has 1 N–H and O–H groups in total. The second kappa shape index (κ2) is 7.68. The molecule has 3 aliphatic rings. The van der Waals surface area contributed by atoms with E-state index < -0.39 is 16.1 Å². The molecule has 3 saturated heterocycles. The number of rotatable bonds is 4. The van der Waals surface area contributed by atoms with Gasteiger partial charge in [-0.15, -0.1) is 12.4 Å². The van der Waals surface area contributed by atoms with Crippen LogP contribution in [0.1, 0.15) is 45.4 Å². The lowest BCUT2D eigenvalue weighted by molar-refractivity contribution is -0.134. The Labute approximate surface area is 145 Å². The van der Waals surface area contributed by atoms with E-state index in [0.717, 1.165) is 32.4 Å². The molecule has 0 saturated carbocycles. The van der Waals surface area contributed by atoms with Crippen molar-refractivity contribution in [2.45, 2.75) is 63.6 Å². The number of sulfonamides is 1. The number of hydrogen-bond acceptors (Lipinski definition) is 4. The van der Waals surface area contributed by atoms with Crippen molar-refractivity contribution in [3.05, 3.63) is 0 Å². The smallest absolute Gasteiger partial charge is 0.241 e. The Bertz CT molecular complexity index is 528. The molecule has 8 heteroatoms. The van der Waals surface area contributed by atoms with Gasteiger partial charge in [-0.3, -0.25) is 4.79 Å². The SMILES string of the molecule is CCCS(=O)(=O)N1CCCC1C(=O)N1CCC2CCC(C1)N2.Cl. The van der Waals surface area contributed by atoms with Crippen LogP contribution >= 0.6 is 12.4 Å². The Morgan fingerprint density at radius 1 is 1.13 bits per heavy atom. The summed E-state index contributed by atoms with van der Waals surface area (Å²) < 4.78 is 26.2. The summed E-state index contributed by atoms with van der Waals surface area (Å²) in [6, 6.07) is 0.457. The number of fused-ring (bicyclic) bond motifs is 2. The third kappa shape index (κ3) is 4.00. The molecule has 1 amide bonds. The van der Waals surface area contributed by atoms with Crippen LogP contribution in [0.25, 0.3) is 0 Å². The molecule has 23 heavy (non-hydrogen) atoms. The van der Waals surface area contributed by atoms with Gasteiger partial charge >= 0.3 is 0 Å². The maximum Gasteiger partial charge on any atom is 0.241 e. The van der Waals surface area contributed by atoms with Crippen molar-refractivity contribution < 1.29 is 13.2 Å². The zero-order chi connectivity index (χ0) is 15.7. The van der Waals surface area contributed by atoms with Crippen LogP contribution in [0.4, 0.5) is 0 Å². The lowest BCUT2D eigenvalue weighted by Crippen LogP contribution is -2.50. The largest absolute Gasteiger partial charge is 0.340 e. The first-order valence-corrected chi connectivity index (χ1v) is 10.2. The second-order valence-corrected chi connectivity index (χ2v) is 8.84. The van der Waals surface area contributed by atoms with Gasteiger partial charge in [-0.1, -0.05) is 6.92 Å². The van der Waals surface area contributed by atoms with Crippen molar-refractivity contribution in [2.75, 3.05) is 25.4 Å². The summed E-state index contributed by atoms with van der Waals surface area (Å²) >= 11 is 0. The molecule has 0 spiro atoms. The number of likely N-dealkylation sites (tertiary alicyclic amines) is 1. The van der Waals surface area contributed by atoms with Gasteiger partial charge in [-0.25, -0.2) is 8.42 Å². The minimum atomic E-state index is -3.29. The van der Waals surface area contributed by atoms with Crippen LogP contribution in [0.3, 0.4) is 0 Å².